The molecule has 9 nitrogen and oxygen atoms in total. The molecule has 3 atom stereocenters. The molecule has 2 amide bonds. The van der Waals surface area contributed by atoms with Crippen LogP contribution in [0, 0.1) is 5.82 Å². The van der Waals surface area contributed by atoms with Crippen molar-refractivity contribution in [1.82, 2.24) is 15.5 Å². The van der Waals surface area contributed by atoms with Crippen LogP contribution in [0.3, 0.4) is 0 Å². The number of rotatable bonds is 10. The number of halogens is 1. The summed E-state index contributed by atoms with van der Waals surface area (Å²) in [6, 6.07) is 19.0. The Bertz CT molecular complexity index is 1680. The molecule has 1 aliphatic heterocycles. The van der Waals surface area contributed by atoms with Crippen LogP contribution in [0.5, 0.6) is 0 Å². The third-order valence-corrected chi connectivity index (χ3v) is 10.7. The molecule has 1 heterocycles. The molecule has 228 valence electrons. The SMILES string of the molecule is CS(=O)(=O)c1ccc(-c2ccc(C(=O)N[C@@H](CCNC3C[C@H]3c3ccc(F)cc3)C(=O)N3CCS(=O)(=O)CC3)cc2)cc1. The van der Waals surface area contributed by atoms with Crippen LogP contribution in [0.15, 0.2) is 77.7 Å². The van der Waals surface area contributed by atoms with Gasteiger partial charge in [0.25, 0.3) is 5.91 Å². The molecule has 1 saturated carbocycles. The number of hydrogen-bond acceptors (Lipinski definition) is 7. The molecule has 0 radical (unpaired) electrons. The molecule has 0 aromatic heterocycles. The van der Waals surface area contributed by atoms with Gasteiger partial charge in [-0.15, -0.1) is 0 Å². The van der Waals surface area contributed by atoms with Crippen molar-refractivity contribution in [2.75, 3.05) is 37.4 Å². The first kappa shape index (κ1) is 30.8. The molecular formula is C31H34FN3O6S2. The third kappa shape index (κ3) is 7.87. The van der Waals surface area contributed by atoms with Gasteiger partial charge in [0.05, 0.1) is 16.4 Å². The largest absolute Gasteiger partial charge is 0.340 e. The Labute approximate surface area is 251 Å². The number of sulfone groups is 2. The lowest BCUT2D eigenvalue weighted by Crippen LogP contribution is -2.53. The van der Waals surface area contributed by atoms with E-state index < -0.39 is 31.6 Å². The van der Waals surface area contributed by atoms with Crippen LogP contribution >= 0.6 is 0 Å². The van der Waals surface area contributed by atoms with Gasteiger partial charge in [0.2, 0.25) is 5.91 Å². The van der Waals surface area contributed by atoms with Crippen LogP contribution in [-0.2, 0) is 24.5 Å². The highest BCUT2D eigenvalue weighted by molar-refractivity contribution is 7.91. The predicted octanol–water partition coefficient (Wildman–Crippen LogP) is 2.79. The quantitative estimate of drug-likeness (QED) is 0.354. The summed E-state index contributed by atoms with van der Waals surface area (Å²) >= 11 is 0. The molecule has 2 N–H and O–H groups in total. The van der Waals surface area contributed by atoms with Crippen LogP contribution in [0.4, 0.5) is 4.39 Å². The summed E-state index contributed by atoms with van der Waals surface area (Å²) < 4.78 is 60.5. The van der Waals surface area contributed by atoms with Gasteiger partial charge in [-0.25, -0.2) is 21.2 Å². The number of nitrogens with zero attached hydrogens (tertiary/aromatic N) is 1. The Hall–Kier alpha value is -3.61. The van der Waals surface area contributed by atoms with E-state index in [1.807, 2.05) is 0 Å². The lowest BCUT2D eigenvalue weighted by atomic mass is 10.0. The second kappa shape index (κ2) is 12.6. The van der Waals surface area contributed by atoms with E-state index in [1.54, 1.807) is 48.5 Å². The summed E-state index contributed by atoms with van der Waals surface area (Å²) in [7, 11) is -6.49. The van der Waals surface area contributed by atoms with Crippen LogP contribution in [0.1, 0.15) is 34.7 Å². The molecule has 1 saturated heterocycles. The fourth-order valence-electron chi connectivity index (χ4n) is 5.27. The fourth-order valence-corrected chi connectivity index (χ4v) is 7.10. The molecule has 1 aliphatic carbocycles. The van der Waals surface area contributed by atoms with E-state index in [0.717, 1.165) is 29.4 Å². The van der Waals surface area contributed by atoms with E-state index in [9.17, 15) is 30.8 Å². The van der Waals surface area contributed by atoms with E-state index >= 15 is 0 Å². The summed E-state index contributed by atoms with van der Waals surface area (Å²) in [6.45, 7) is 0.625. The Morgan fingerprint density at radius 2 is 1.51 bits per heavy atom. The Morgan fingerprint density at radius 3 is 2.09 bits per heavy atom. The lowest BCUT2D eigenvalue weighted by molar-refractivity contribution is -0.133. The maximum atomic E-state index is 13.4. The van der Waals surface area contributed by atoms with Gasteiger partial charge in [-0.1, -0.05) is 36.4 Å². The van der Waals surface area contributed by atoms with Crippen molar-refractivity contribution in [3.05, 3.63) is 89.7 Å². The zero-order valence-electron chi connectivity index (χ0n) is 23.7. The molecule has 0 spiro atoms. The summed E-state index contributed by atoms with van der Waals surface area (Å²) in [6.07, 6.45) is 2.35. The van der Waals surface area contributed by atoms with Gasteiger partial charge < -0.3 is 15.5 Å². The number of carbonyl (C=O) groups is 2. The van der Waals surface area contributed by atoms with E-state index in [-0.39, 0.29) is 53.2 Å². The zero-order valence-corrected chi connectivity index (χ0v) is 25.3. The standard InChI is InChI=1S/C31H34FN3O6S2/c1-42(38,39)26-12-8-22(9-13-26)21-2-4-24(5-3-21)30(36)34-28(31(37)35-16-18-43(40,41)19-17-35)14-15-33-29-20-27(29)23-6-10-25(32)11-7-23/h2-13,27-29,33H,14-20H2,1H3,(H,34,36)/t27-,28-,29?/m0/s1. The smallest absolute Gasteiger partial charge is 0.251 e. The van der Waals surface area contributed by atoms with Crippen LogP contribution in [0.25, 0.3) is 11.1 Å². The summed E-state index contributed by atoms with van der Waals surface area (Å²) in [5.74, 6) is -0.986. The topological polar surface area (TPSA) is 130 Å². The van der Waals surface area contributed by atoms with Crippen molar-refractivity contribution in [2.45, 2.75) is 35.7 Å². The second-order valence-corrected chi connectivity index (χ2v) is 15.4. The normalized spacial score (nSPS) is 20.3. The summed E-state index contributed by atoms with van der Waals surface area (Å²) in [5, 5.41) is 6.27. The summed E-state index contributed by atoms with van der Waals surface area (Å²) in [5.41, 5.74) is 2.98. The van der Waals surface area contributed by atoms with E-state index in [2.05, 4.69) is 10.6 Å². The van der Waals surface area contributed by atoms with Crippen molar-refractivity contribution < 1.29 is 30.8 Å². The number of amides is 2. The van der Waals surface area contributed by atoms with Crippen molar-refractivity contribution in [2.24, 2.45) is 0 Å². The van der Waals surface area contributed by atoms with Crippen LogP contribution in [-0.4, -0.2) is 83.0 Å². The molecule has 2 fully saturated rings. The second-order valence-electron chi connectivity index (χ2n) is 11.1. The Balaban J connectivity index is 1.23. The number of carbonyl (C=O) groups excluding carboxylic acids is 2. The highest BCUT2D eigenvalue weighted by Gasteiger charge is 2.38. The molecule has 5 rings (SSSR count). The highest BCUT2D eigenvalue weighted by atomic mass is 32.2. The molecule has 3 aromatic rings. The first-order chi connectivity index (χ1) is 20.4. The minimum atomic E-state index is -3.31. The maximum Gasteiger partial charge on any atom is 0.251 e. The first-order valence-electron chi connectivity index (χ1n) is 14.1. The molecule has 3 aromatic carbocycles. The molecule has 43 heavy (non-hydrogen) atoms. The molecule has 1 unspecified atom stereocenters. The minimum Gasteiger partial charge on any atom is -0.340 e. The van der Waals surface area contributed by atoms with Gasteiger partial charge in [0.15, 0.2) is 19.7 Å². The van der Waals surface area contributed by atoms with Crippen LogP contribution < -0.4 is 10.6 Å². The molecule has 2 aliphatic rings. The van der Waals surface area contributed by atoms with Gasteiger partial charge in [-0.2, -0.15) is 0 Å². The minimum absolute atomic E-state index is 0.0864. The third-order valence-electron chi connectivity index (χ3n) is 7.95. The van der Waals surface area contributed by atoms with Crippen molar-refractivity contribution in [3.8, 4) is 11.1 Å². The average Bonchev–Trinajstić information content (AvgIpc) is 3.76. The Kier molecular flexibility index (Phi) is 9.00. The van der Waals surface area contributed by atoms with E-state index in [0.29, 0.717) is 18.5 Å². The van der Waals surface area contributed by atoms with Gasteiger partial charge in [0.1, 0.15) is 11.9 Å². The van der Waals surface area contributed by atoms with Crippen molar-refractivity contribution in [1.29, 1.82) is 0 Å². The van der Waals surface area contributed by atoms with Gasteiger partial charge in [-0.05, 0) is 72.5 Å². The first-order valence-corrected chi connectivity index (χ1v) is 17.8. The number of hydrogen-bond donors (Lipinski definition) is 2. The van der Waals surface area contributed by atoms with E-state index in [4.69, 9.17) is 0 Å². The molecule has 0 bridgehead atoms. The van der Waals surface area contributed by atoms with Crippen molar-refractivity contribution in [3.63, 3.8) is 0 Å². The Morgan fingerprint density at radius 1 is 0.930 bits per heavy atom. The molecular weight excluding hydrogens is 593 g/mol. The predicted molar refractivity (Wildman–Crippen MR) is 162 cm³/mol. The average molecular weight is 628 g/mol. The maximum absolute atomic E-state index is 13.4. The monoisotopic (exact) mass is 627 g/mol. The van der Waals surface area contributed by atoms with Gasteiger partial charge in [0, 0.05) is 36.9 Å². The number of benzene rings is 3. The van der Waals surface area contributed by atoms with Gasteiger partial charge in [-0.3, -0.25) is 9.59 Å². The lowest BCUT2D eigenvalue weighted by Gasteiger charge is -2.30. The summed E-state index contributed by atoms with van der Waals surface area (Å²) in [4.78, 5) is 28.4. The van der Waals surface area contributed by atoms with Gasteiger partial charge >= 0.3 is 0 Å². The molecule has 12 heteroatoms. The van der Waals surface area contributed by atoms with Crippen LogP contribution in [0.2, 0.25) is 0 Å². The highest BCUT2D eigenvalue weighted by Crippen LogP contribution is 2.40. The van der Waals surface area contributed by atoms with Crippen molar-refractivity contribution >= 4 is 31.5 Å². The zero-order chi connectivity index (χ0) is 30.8. The number of nitrogens with one attached hydrogen (secondary N) is 2. The fraction of sp³-hybridized carbons (Fsp3) is 0.355. The van der Waals surface area contributed by atoms with E-state index in [1.165, 1.54) is 29.2 Å².